The van der Waals surface area contributed by atoms with Gasteiger partial charge in [0.15, 0.2) is 0 Å². The SMILES string of the molecule is CC(=O)O[C@@H]1CC[C@@]2(C)[C@@H](CC[C@@H]3[C@H]2CC[C@]2(C)[C@H]4[C@H](C)[C@@H](CC[C@H](C)CN(C(C)=O)C(C)=O)O[C@H]4C[C@H]32)C1. The maximum absolute atomic E-state index is 11.8. The van der Waals surface area contributed by atoms with Crippen molar-refractivity contribution < 1.29 is 23.9 Å². The molecule has 2 amide bonds. The summed E-state index contributed by atoms with van der Waals surface area (Å²) in [5.74, 6) is 4.06. The van der Waals surface area contributed by atoms with E-state index in [1.807, 2.05) is 0 Å². The standard InChI is InChI=1S/C33H53NO5/c1-19(18-34(21(3)35)22(4)36)8-11-29-20(2)31-30(39-29)17-28-26-10-9-24-16-25(38-23(5)37)12-14-32(24,6)27(26)13-15-33(28,31)7/h19-20,24-31H,8-18H2,1-7H3/t19-,20+,24-,25+,26+,27+,28+,29+,30-,31-,32-,33-/m0/s1. The smallest absolute Gasteiger partial charge is 0.302 e. The van der Waals surface area contributed by atoms with Crippen LogP contribution < -0.4 is 0 Å². The first-order chi connectivity index (χ1) is 18.3. The molecule has 0 bridgehead atoms. The summed E-state index contributed by atoms with van der Waals surface area (Å²) < 4.78 is 12.5. The largest absolute Gasteiger partial charge is 0.463 e. The van der Waals surface area contributed by atoms with E-state index in [4.69, 9.17) is 9.47 Å². The normalized spacial score (nSPS) is 45.4. The van der Waals surface area contributed by atoms with Crippen LogP contribution >= 0.6 is 0 Å². The van der Waals surface area contributed by atoms with Gasteiger partial charge in [-0.3, -0.25) is 19.3 Å². The number of carbonyl (C=O) groups excluding carboxylic acids is 3. The van der Waals surface area contributed by atoms with Crippen molar-refractivity contribution in [3.63, 3.8) is 0 Å². The first-order valence-corrected chi connectivity index (χ1v) is 16.0. The maximum atomic E-state index is 11.8. The molecule has 5 rings (SSSR count). The Hall–Kier alpha value is -1.43. The van der Waals surface area contributed by atoms with Crippen LogP contribution in [0.2, 0.25) is 0 Å². The summed E-state index contributed by atoms with van der Waals surface area (Å²) in [5.41, 5.74) is 0.751. The molecule has 6 heteroatoms. The predicted octanol–water partition coefficient (Wildman–Crippen LogP) is 6.40. The van der Waals surface area contributed by atoms with Crippen molar-refractivity contribution in [2.24, 2.45) is 52.3 Å². The fourth-order valence-corrected chi connectivity index (χ4v) is 10.9. The number of nitrogens with zero attached hydrogens (tertiary/aromatic N) is 1. The lowest BCUT2D eigenvalue weighted by molar-refractivity contribution is -0.160. The summed E-state index contributed by atoms with van der Waals surface area (Å²) >= 11 is 0. The zero-order valence-corrected chi connectivity index (χ0v) is 25.5. The van der Waals surface area contributed by atoms with Crippen LogP contribution in [-0.4, -0.2) is 47.5 Å². The average Bonchev–Trinajstić information content (AvgIpc) is 3.33. The number of hydrogen-bond donors (Lipinski definition) is 0. The fourth-order valence-electron chi connectivity index (χ4n) is 10.9. The van der Waals surface area contributed by atoms with Gasteiger partial charge < -0.3 is 9.47 Å². The van der Waals surface area contributed by atoms with E-state index >= 15 is 0 Å². The molecule has 220 valence electrons. The van der Waals surface area contributed by atoms with Gasteiger partial charge in [-0.25, -0.2) is 0 Å². The van der Waals surface area contributed by atoms with Gasteiger partial charge >= 0.3 is 5.97 Å². The average molecular weight is 544 g/mol. The Morgan fingerprint density at radius 1 is 0.949 bits per heavy atom. The lowest BCUT2D eigenvalue weighted by Crippen LogP contribution is -2.54. The molecule has 0 aromatic rings. The number of hydrogen-bond acceptors (Lipinski definition) is 5. The molecule has 0 aromatic heterocycles. The highest BCUT2D eigenvalue weighted by Crippen LogP contribution is 2.70. The van der Waals surface area contributed by atoms with Gasteiger partial charge in [0, 0.05) is 27.3 Å². The number of ether oxygens (including phenoxy) is 2. The van der Waals surface area contributed by atoms with Crippen LogP contribution in [0.15, 0.2) is 0 Å². The summed E-state index contributed by atoms with van der Waals surface area (Å²) in [4.78, 5) is 36.7. The lowest BCUT2D eigenvalue weighted by atomic mass is 9.44. The third kappa shape index (κ3) is 5.10. The quantitative estimate of drug-likeness (QED) is 0.362. The molecule has 5 fully saturated rings. The van der Waals surface area contributed by atoms with Gasteiger partial charge in [-0.05, 0) is 116 Å². The first kappa shape index (κ1) is 29.1. The van der Waals surface area contributed by atoms with Crippen LogP contribution in [-0.2, 0) is 23.9 Å². The first-order valence-electron chi connectivity index (χ1n) is 16.0. The Morgan fingerprint density at radius 2 is 1.64 bits per heavy atom. The van der Waals surface area contributed by atoms with Crippen LogP contribution in [0.4, 0.5) is 0 Å². The van der Waals surface area contributed by atoms with E-state index in [0.717, 1.165) is 43.4 Å². The third-order valence-electron chi connectivity index (χ3n) is 12.7. The molecule has 0 radical (unpaired) electrons. The number of fused-ring (bicyclic) bond motifs is 7. The van der Waals surface area contributed by atoms with Gasteiger partial charge in [0.05, 0.1) is 12.2 Å². The molecule has 4 aliphatic carbocycles. The van der Waals surface area contributed by atoms with Crippen molar-refractivity contribution >= 4 is 17.8 Å². The van der Waals surface area contributed by atoms with Gasteiger partial charge in [0.1, 0.15) is 6.10 Å². The predicted molar refractivity (Wildman–Crippen MR) is 150 cm³/mol. The van der Waals surface area contributed by atoms with E-state index in [1.165, 1.54) is 57.3 Å². The molecule has 5 aliphatic rings. The Kier molecular flexibility index (Phi) is 8.02. The zero-order valence-electron chi connectivity index (χ0n) is 25.5. The van der Waals surface area contributed by atoms with Crippen molar-refractivity contribution in [3.05, 3.63) is 0 Å². The summed E-state index contributed by atoms with van der Waals surface area (Å²) in [6.07, 6.45) is 12.5. The minimum Gasteiger partial charge on any atom is -0.463 e. The lowest BCUT2D eigenvalue weighted by Gasteiger charge is -2.61. The Bertz CT molecular complexity index is 952. The molecular formula is C33H53NO5. The molecular weight excluding hydrogens is 490 g/mol. The fraction of sp³-hybridized carbons (Fsp3) is 0.909. The summed E-state index contributed by atoms with van der Waals surface area (Å²) in [5, 5.41) is 0. The van der Waals surface area contributed by atoms with Crippen molar-refractivity contribution in [3.8, 4) is 0 Å². The van der Waals surface area contributed by atoms with Gasteiger partial charge in [-0.2, -0.15) is 0 Å². The van der Waals surface area contributed by atoms with Gasteiger partial charge in [0.25, 0.3) is 0 Å². The van der Waals surface area contributed by atoms with E-state index in [2.05, 4.69) is 27.7 Å². The second-order valence-corrected chi connectivity index (χ2v) is 14.9. The van der Waals surface area contributed by atoms with E-state index in [-0.39, 0.29) is 35.9 Å². The van der Waals surface area contributed by atoms with Crippen LogP contribution in [0.5, 0.6) is 0 Å². The molecule has 39 heavy (non-hydrogen) atoms. The molecule has 0 N–H and O–H groups in total. The highest BCUT2D eigenvalue weighted by atomic mass is 16.5. The number of rotatable bonds is 6. The second kappa shape index (κ2) is 10.8. The number of carbonyl (C=O) groups is 3. The number of amides is 2. The summed E-state index contributed by atoms with van der Waals surface area (Å²) in [6, 6.07) is 0. The maximum Gasteiger partial charge on any atom is 0.302 e. The molecule has 1 saturated heterocycles. The highest BCUT2D eigenvalue weighted by Gasteiger charge is 2.65. The van der Waals surface area contributed by atoms with Gasteiger partial charge in [-0.1, -0.05) is 27.7 Å². The molecule has 0 aromatic carbocycles. The van der Waals surface area contributed by atoms with Crippen LogP contribution in [0.1, 0.15) is 113 Å². The number of imide groups is 1. The van der Waals surface area contributed by atoms with E-state index < -0.39 is 0 Å². The third-order valence-corrected chi connectivity index (χ3v) is 12.7. The highest BCUT2D eigenvalue weighted by molar-refractivity contribution is 5.92. The molecule has 1 heterocycles. The van der Waals surface area contributed by atoms with E-state index in [1.54, 1.807) is 6.92 Å². The Morgan fingerprint density at radius 3 is 2.31 bits per heavy atom. The minimum atomic E-state index is -0.163. The molecule has 0 spiro atoms. The van der Waals surface area contributed by atoms with Crippen molar-refractivity contribution in [1.29, 1.82) is 0 Å². The van der Waals surface area contributed by atoms with Crippen molar-refractivity contribution in [1.82, 2.24) is 4.90 Å². The molecule has 4 saturated carbocycles. The molecule has 0 unspecified atom stereocenters. The van der Waals surface area contributed by atoms with E-state index in [9.17, 15) is 14.4 Å². The van der Waals surface area contributed by atoms with Crippen molar-refractivity contribution in [2.45, 2.75) is 131 Å². The Labute approximate surface area is 236 Å². The van der Waals surface area contributed by atoms with Crippen molar-refractivity contribution in [2.75, 3.05) is 6.54 Å². The topological polar surface area (TPSA) is 72.9 Å². The van der Waals surface area contributed by atoms with Gasteiger partial charge in [-0.15, -0.1) is 0 Å². The minimum absolute atomic E-state index is 0.124. The van der Waals surface area contributed by atoms with Crippen LogP contribution in [0.25, 0.3) is 0 Å². The zero-order chi connectivity index (χ0) is 28.3. The Balaban J connectivity index is 1.21. The monoisotopic (exact) mass is 543 g/mol. The molecule has 12 atom stereocenters. The molecule has 1 aliphatic heterocycles. The molecule has 6 nitrogen and oxygen atoms in total. The van der Waals surface area contributed by atoms with Gasteiger partial charge in [0.2, 0.25) is 11.8 Å². The van der Waals surface area contributed by atoms with E-state index in [0.29, 0.717) is 41.2 Å². The summed E-state index contributed by atoms with van der Waals surface area (Å²) in [7, 11) is 0. The summed E-state index contributed by atoms with van der Waals surface area (Å²) in [6.45, 7) is 14.8. The van der Waals surface area contributed by atoms with Crippen LogP contribution in [0.3, 0.4) is 0 Å². The number of esters is 1. The van der Waals surface area contributed by atoms with Crippen LogP contribution in [0, 0.1) is 52.3 Å². The second-order valence-electron chi connectivity index (χ2n) is 14.9.